The van der Waals surface area contributed by atoms with E-state index in [1.54, 1.807) is 5.56 Å². The second kappa shape index (κ2) is 5.24. The van der Waals surface area contributed by atoms with Crippen LogP contribution < -0.4 is 4.90 Å². The summed E-state index contributed by atoms with van der Waals surface area (Å²) in [5.41, 5.74) is 3.40. The van der Waals surface area contributed by atoms with Crippen LogP contribution >= 0.6 is 0 Å². The third-order valence-electron chi connectivity index (χ3n) is 5.89. The first-order valence-corrected chi connectivity index (χ1v) is 8.84. The van der Waals surface area contributed by atoms with Crippen LogP contribution in [0.1, 0.15) is 32.8 Å². The van der Waals surface area contributed by atoms with E-state index in [0.717, 1.165) is 19.0 Å². The summed E-state index contributed by atoms with van der Waals surface area (Å²) in [5, 5.41) is 0. The molecule has 0 aromatic heterocycles. The predicted molar refractivity (Wildman–Crippen MR) is 90.6 cm³/mol. The van der Waals surface area contributed by atoms with Crippen molar-refractivity contribution in [3.8, 4) is 0 Å². The normalized spacial score (nSPS) is 38.1. The third-order valence-corrected chi connectivity index (χ3v) is 5.89. The fourth-order valence-electron chi connectivity index (χ4n) is 4.67. The molecule has 3 aliphatic rings. The Morgan fingerprint density at radius 2 is 1.77 bits per heavy atom. The fourth-order valence-corrected chi connectivity index (χ4v) is 4.67. The first kappa shape index (κ1) is 14.5. The highest BCUT2D eigenvalue weighted by atomic mass is 16.5. The number of anilines is 1. The molecular formula is C19H28N2O. The van der Waals surface area contributed by atoms with Crippen LogP contribution in [0.4, 0.5) is 5.69 Å². The summed E-state index contributed by atoms with van der Waals surface area (Å²) >= 11 is 0. The Balaban J connectivity index is 1.50. The predicted octanol–water partition coefficient (Wildman–Crippen LogP) is 2.89. The minimum Gasteiger partial charge on any atom is -0.372 e. The molecule has 1 aromatic rings. The van der Waals surface area contributed by atoms with E-state index in [9.17, 15) is 0 Å². The van der Waals surface area contributed by atoms with Crippen LogP contribution in [0.15, 0.2) is 24.3 Å². The van der Waals surface area contributed by atoms with Gasteiger partial charge in [-0.15, -0.1) is 0 Å². The van der Waals surface area contributed by atoms with Gasteiger partial charge >= 0.3 is 0 Å². The Morgan fingerprint density at radius 1 is 1.09 bits per heavy atom. The topological polar surface area (TPSA) is 15.7 Å². The molecule has 0 N–H and O–H groups in total. The van der Waals surface area contributed by atoms with Crippen molar-refractivity contribution < 1.29 is 4.74 Å². The molecule has 1 aromatic carbocycles. The van der Waals surface area contributed by atoms with Crippen LogP contribution in [-0.4, -0.2) is 49.8 Å². The second-order valence-electron chi connectivity index (χ2n) is 7.59. The van der Waals surface area contributed by atoms with Crippen LogP contribution in [-0.2, 0) is 10.2 Å². The van der Waals surface area contributed by atoms with Crippen molar-refractivity contribution in [1.82, 2.24) is 4.90 Å². The molecule has 22 heavy (non-hydrogen) atoms. The first-order valence-electron chi connectivity index (χ1n) is 8.84. The van der Waals surface area contributed by atoms with Gasteiger partial charge in [-0.05, 0) is 50.4 Å². The monoisotopic (exact) mass is 300 g/mol. The molecule has 0 spiro atoms. The van der Waals surface area contributed by atoms with E-state index in [2.05, 4.69) is 54.8 Å². The zero-order chi connectivity index (χ0) is 15.3. The van der Waals surface area contributed by atoms with E-state index in [1.807, 2.05) is 0 Å². The maximum Gasteiger partial charge on any atom is 0.0726 e. The Morgan fingerprint density at radius 3 is 2.36 bits per heavy atom. The molecule has 1 saturated carbocycles. The van der Waals surface area contributed by atoms with Crippen LogP contribution in [0.5, 0.6) is 0 Å². The van der Waals surface area contributed by atoms with Crippen LogP contribution in [0.25, 0.3) is 0 Å². The quantitative estimate of drug-likeness (QED) is 0.853. The highest BCUT2D eigenvalue weighted by Crippen LogP contribution is 2.58. The zero-order valence-electron chi connectivity index (χ0n) is 14.1. The molecule has 4 rings (SSSR count). The number of morpholine rings is 1. The highest BCUT2D eigenvalue weighted by molar-refractivity contribution is 5.51. The van der Waals surface area contributed by atoms with E-state index < -0.39 is 0 Å². The van der Waals surface area contributed by atoms with Crippen molar-refractivity contribution in [1.29, 1.82) is 0 Å². The van der Waals surface area contributed by atoms with Crippen LogP contribution in [0.2, 0.25) is 0 Å². The van der Waals surface area contributed by atoms with E-state index in [0.29, 0.717) is 17.6 Å². The summed E-state index contributed by atoms with van der Waals surface area (Å²) in [6.07, 6.45) is 2.04. The number of benzene rings is 1. The molecule has 0 amide bonds. The molecule has 120 valence electrons. The first-order chi connectivity index (χ1) is 10.6. The third kappa shape index (κ3) is 2.35. The van der Waals surface area contributed by atoms with Crippen molar-refractivity contribution in [2.24, 2.45) is 5.92 Å². The SMILES string of the molecule is CCN1C[C@H]2C[C@@]2(c2ccc(N3C[C@@H](C)O[C@H](C)C3)cc2)C1. The van der Waals surface area contributed by atoms with E-state index in [1.165, 1.54) is 31.7 Å². The summed E-state index contributed by atoms with van der Waals surface area (Å²) in [6.45, 7) is 12.4. The van der Waals surface area contributed by atoms with Gasteiger partial charge in [-0.1, -0.05) is 19.1 Å². The molecule has 2 aliphatic heterocycles. The lowest BCUT2D eigenvalue weighted by molar-refractivity contribution is -0.00521. The number of hydrogen-bond acceptors (Lipinski definition) is 3. The van der Waals surface area contributed by atoms with E-state index in [4.69, 9.17) is 4.74 Å². The Kier molecular flexibility index (Phi) is 3.46. The molecular weight excluding hydrogens is 272 g/mol. The van der Waals surface area contributed by atoms with Crippen molar-refractivity contribution in [2.45, 2.75) is 44.8 Å². The van der Waals surface area contributed by atoms with Gasteiger partial charge in [-0.2, -0.15) is 0 Å². The van der Waals surface area contributed by atoms with Gasteiger partial charge in [0.2, 0.25) is 0 Å². The molecule has 2 heterocycles. The van der Waals surface area contributed by atoms with Crippen LogP contribution in [0.3, 0.4) is 0 Å². The minimum absolute atomic E-state index is 0.322. The lowest BCUT2D eigenvalue weighted by Gasteiger charge is -2.37. The molecule has 3 fully saturated rings. The molecule has 1 aliphatic carbocycles. The van der Waals surface area contributed by atoms with E-state index >= 15 is 0 Å². The maximum atomic E-state index is 5.84. The van der Waals surface area contributed by atoms with Gasteiger partial charge in [0.1, 0.15) is 0 Å². The van der Waals surface area contributed by atoms with Crippen molar-refractivity contribution in [3.05, 3.63) is 29.8 Å². The zero-order valence-corrected chi connectivity index (χ0v) is 14.1. The molecule has 3 heteroatoms. The number of fused-ring (bicyclic) bond motifs is 1. The Hall–Kier alpha value is -1.06. The van der Waals surface area contributed by atoms with Gasteiger partial charge in [-0.3, -0.25) is 0 Å². The Labute approximate surface area is 134 Å². The molecule has 0 bridgehead atoms. The van der Waals surface area contributed by atoms with Gasteiger partial charge in [0.05, 0.1) is 12.2 Å². The van der Waals surface area contributed by atoms with Crippen molar-refractivity contribution in [2.75, 3.05) is 37.6 Å². The summed E-state index contributed by atoms with van der Waals surface area (Å²) in [7, 11) is 0. The number of hydrogen-bond donors (Lipinski definition) is 0. The molecule has 3 nitrogen and oxygen atoms in total. The average molecular weight is 300 g/mol. The van der Waals surface area contributed by atoms with Gasteiger partial charge in [0.15, 0.2) is 0 Å². The summed E-state index contributed by atoms with van der Waals surface area (Å²) in [5.74, 6) is 0.904. The van der Waals surface area contributed by atoms with E-state index in [-0.39, 0.29) is 0 Å². The van der Waals surface area contributed by atoms with Crippen molar-refractivity contribution in [3.63, 3.8) is 0 Å². The maximum absolute atomic E-state index is 5.84. The minimum atomic E-state index is 0.322. The average Bonchev–Trinajstić information content (AvgIpc) is 3.08. The summed E-state index contributed by atoms with van der Waals surface area (Å²) in [6, 6.07) is 9.44. The van der Waals surface area contributed by atoms with Gasteiger partial charge < -0.3 is 14.5 Å². The molecule has 2 saturated heterocycles. The number of likely N-dealkylation sites (tertiary alicyclic amines) is 1. The number of nitrogens with zero attached hydrogens (tertiary/aromatic N) is 2. The summed E-state index contributed by atoms with van der Waals surface area (Å²) < 4.78 is 5.84. The van der Waals surface area contributed by atoms with Crippen LogP contribution in [0, 0.1) is 5.92 Å². The Bertz CT molecular complexity index is 533. The molecule has 0 unspecified atom stereocenters. The van der Waals surface area contributed by atoms with Crippen molar-refractivity contribution >= 4 is 5.69 Å². The van der Waals surface area contributed by atoms with Gasteiger partial charge in [-0.25, -0.2) is 0 Å². The number of rotatable bonds is 3. The molecule has 4 atom stereocenters. The fraction of sp³-hybridized carbons (Fsp3) is 0.684. The number of piperidine rings is 1. The lowest BCUT2D eigenvalue weighted by Crippen LogP contribution is -2.45. The summed E-state index contributed by atoms with van der Waals surface area (Å²) in [4.78, 5) is 5.07. The second-order valence-corrected chi connectivity index (χ2v) is 7.59. The smallest absolute Gasteiger partial charge is 0.0726 e. The largest absolute Gasteiger partial charge is 0.372 e. The van der Waals surface area contributed by atoms with Gasteiger partial charge in [0.25, 0.3) is 0 Å². The highest BCUT2D eigenvalue weighted by Gasteiger charge is 2.60. The standard InChI is InChI=1S/C19H28N2O/c1-4-20-12-17-9-19(17,13-20)16-5-7-18(8-6-16)21-10-14(2)22-15(3)11-21/h5-8,14-15,17H,4,9-13H2,1-3H3/t14-,15-,17-,19+/m1/s1. The lowest BCUT2D eigenvalue weighted by atomic mass is 9.94. The number of likely N-dealkylation sites (N-methyl/N-ethyl adjacent to an activating group) is 1. The molecule has 0 radical (unpaired) electrons. The number of ether oxygens (including phenoxy) is 1. The van der Waals surface area contributed by atoms with Gasteiger partial charge in [0, 0.05) is 37.3 Å².